The molecule has 3 aromatic rings. The topological polar surface area (TPSA) is 135 Å². The molecule has 0 spiro atoms. The lowest BCUT2D eigenvalue weighted by Gasteiger charge is -2.45. The Kier molecular flexibility index (Phi) is 6.36. The molecule has 168 valence electrons. The molecule has 1 aliphatic heterocycles. The van der Waals surface area contributed by atoms with Crippen molar-refractivity contribution in [3.8, 4) is 5.75 Å². The number of hydrogen-bond donors (Lipinski definition) is 6. The number of H-pyrrole nitrogens is 1. The summed E-state index contributed by atoms with van der Waals surface area (Å²) >= 11 is 1.75. The maximum Gasteiger partial charge on any atom is 0.288 e. The van der Waals surface area contributed by atoms with Gasteiger partial charge in [0.25, 0.3) is 5.79 Å². The summed E-state index contributed by atoms with van der Waals surface area (Å²) in [7, 11) is 0. The fraction of sp³-hybridized carbons (Fsp3) is 0.455. The number of fused-ring (bicyclic) bond motifs is 1. The maximum absolute atomic E-state index is 10.9. The van der Waals surface area contributed by atoms with E-state index in [1.165, 1.54) is 9.75 Å². The number of aromatic nitrogens is 1. The number of hydrogen-bond acceptors (Lipinski definition) is 8. The van der Waals surface area contributed by atoms with Gasteiger partial charge in [0.05, 0.1) is 6.61 Å². The van der Waals surface area contributed by atoms with E-state index in [0.717, 1.165) is 23.9 Å². The lowest BCUT2D eigenvalue weighted by Crippen LogP contribution is -2.69. The molecule has 5 atom stereocenters. The molecule has 8 nitrogen and oxygen atoms in total. The highest BCUT2D eigenvalue weighted by atomic mass is 32.1. The van der Waals surface area contributed by atoms with Crippen LogP contribution in [0.1, 0.15) is 28.7 Å². The highest BCUT2D eigenvalue weighted by Crippen LogP contribution is 2.37. The van der Waals surface area contributed by atoms with E-state index in [0.29, 0.717) is 11.8 Å². The Bertz CT molecular complexity index is 1030. The summed E-state index contributed by atoms with van der Waals surface area (Å²) < 4.78 is 10.8. The van der Waals surface area contributed by atoms with Crippen LogP contribution >= 0.6 is 11.3 Å². The van der Waals surface area contributed by atoms with E-state index in [9.17, 15) is 25.5 Å². The van der Waals surface area contributed by atoms with Crippen molar-refractivity contribution in [3.63, 3.8) is 0 Å². The molecule has 0 aliphatic carbocycles. The van der Waals surface area contributed by atoms with E-state index in [2.05, 4.69) is 24.0 Å². The van der Waals surface area contributed by atoms with Gasteiger partial charge in [-0.2, -0.15) is 0 Å². The second-order valence-corrected chi connectivity index (χ2v) is 9.04. The third kappa shape index (κ3) is 4.10. The monoisotopic (exact) mass is 449 g/mol. The molecule has 0 amide bonds. The molecule has 9 heteroatoms. The lowest BCUT2D eigenvalue weighted by atomic mass is 9.95. The molecule has 1 fully saturated rings. The van der Waals surface area contributed by atoms with Crippen molar-refractivity contribution >= 4 is 22.2 Å². The molecule has 0 unspecified atom stereocenters. The molecule has 0 radical (unpaired) electrons. The van der Waals surface area contributed by atoms with E-state index in [1.807, 2.05) is 12.3 Å². The fourth-order valence-electron chi connectivity index (χ4n) is 3.91. The highest BCUT2D eigenvalue weighted by Gasteiger charge is 2.57. The largest absolute Gasteiger partial charge is 0.454 e. The van der Waals surface area contributed by atoms with Crippen LogP contribution in [0.5, 0.6) is 5.75 Å². The molecule has 1 aliphatic rings. The first-order valence-corrected chi connectivity index (χ1v) is 11.1. The van der Waals surface area contributed by atoms with Gasteiger partial charge in [0.1, 0.15) is 18.0 Å². The zero-order valence-corrected chi connectivity index (χ0v) is 17.9. The number of aromatic amines is 1. The summed E-state index contributed by atoms with van der Waals surface area (Å²) in [6.07, 6.45) is -2.15. The average Bonchev–Trinajstić information content (AvgIpc) is 3.38. The van der Waals surface area contributed by atoms with Crippen molar-refractivity contribution in [1.82, 2.24) is 4.98 Å². The van der Waals surface area contributed by atoms with Crippen LogP contribution in [0.4, 0.5) is 0 Å². The molecule has 4 rings (SSSR count). The van der Waals surface area contributed by atoms with E-state index in [-0.39, 0.29) is 5.75 Å². The standard InChI is InChI=1S/C22H27NO7S/c1-2-4-13-7-8-14(31-13)9-12-10-23-15-5-3-6-16(18(12)15)30-22(28)20(26)19(25)17(11-24)29-21(22)27/h3,5-8,10,17,19-21,23-28H,2,4,9,11H2,1H3/t17-,19-,20+,21-,22+/m1/s1. The minimum atomic E-state index is -2.62. The minimum Gasteiger partial charge on any atom is -0.454 e. The van der Waals surface area contributed by atoms with Crippen molar-refractivity contribution in [2.45, 2.75) is 56.6 Å². The predicted molar refractivity (Wildman–Crippen MR) is 115 cm³/mol. The van der Waals surface area contributed by atoms with Crippen LogP contribution in [0.3, 0.4) is 0 Å². The van der Waals surface area contributed by atoms with Gasteiger partial charge in [-0.3, -0.25) is 0 Å². The zero-order chi connectivity index (χ0) is 22.2. The third-order valence-corrected chi connectivity index (χ3v) is 6.71. The summed E-state index contributed by atoms with van der Waals surface area (Å²) in [5, 5.41) is 51.7. The van der Waals surface area contributed by atoms with Gasteiger partial charge in [-0.1, -0.05) is 19.4 Å². The van der Waals surface area contributed by atoms with Crippen molar-refractivity contribution in [2.24, 2.45) is 0 Å². The second kappa shape index (κ2) is 8.87. The van der Waals surface area contributed by atoms with Crippen LogP contribution in [0.15, 0.2) is 36.5 Å². The summed E-state index contributed by atoms with van der Waals surface area (Å²) in [6.45, 7) is 1.51. The van der Waals surface area contributed by atoms with Gasteiger partial charge < -0.3 is 40.0 Å². The smallest absolute Gasteiger partial charge is 0.288 e. The van der Waals surface area contributed by atoms with Gasteiger partial charge in [0.2, 0.25) is 6.29 Å². The van der Waals surface area contributed by atoms with Crippen LogP contribution in [0, 0.1) is 0 Å². The van der Waals surface area contributed by atoms with E-state index < -0.39 is 37.0 Å². The quantitative estimate of drug-likeness (QED) is 0.299. The number of thiophene rings is 1. The van der Waals surface area contributed by atoms with Crippen molar-refractivity contribution < 1.29 is 35.0 Å². The Balaban J connectivity index is 1.66. The number of aliphatic hydroxyl groups excluding tert-OH is 4. The first-order chi connectivity index (χ1) is 14.9. The van der Waals surface area contributed by atoms with E-state index in [1.54, 1.807) is 23.5 Å². The first kappa shape index (κ1) is 22.2. The Morgan fingerprint density at radius 2 is 1.94 bits per heavy atom. The first-order valence-electron chi connectivity index (χ1n) is 10.3. The average molecular weight is 450 g/mol. The Hall–Kier alpha value is -1.98. The number of ether oxygens (including phenoxy) is 2. The van der Waals surface area contributed by atoms with Crippen LogP contribution in [0.25, 0.3) is 10.9 Å². The third-order valence-electron chi connectivity index (χ3n) is 5.57. The molecule has 31 heavy (non-hydrogen) atoms. The number of aryl methyl sites for hydroxylation is 1. The molecular weight excluding hydrogens is 422 g/mol. The second-order valence-electron chi connectivity index (χ2n) is 7.79. The summed E-state index contributed by atoms with van der Waals surface area (Å²) in [6, 6.07) is 9.40. The number of benzene rings is 1. The fourth-order valence-corrected chi connectivity index (χ4v) is 5.05. The maximum atomic E-state index is 10.9. The molecule has 0 saturated carbocycles. The van der Waals surface area contributed by atoms with Gasteiger partial charge in [0, 0.05) is 33.3 Å². The van der Waals surface area contributed by atoms with Crippen LogP contribution in [0.2, 0.25) is 0 Å². The van der Waals surface area contributed by atoms with Crippen molar-refractivity contribution in [3.05, 3.63) is 51.8 Å². The molecule has 3 heterocycles. The molecular formula is C22H27NO7S. The summed E-state index contributed by atoms with van der Waals surface area (Å²) in [5.74, 6) is -2.40. The molecule has 0 bridgehead atoms. The number of rotatable bonds is 7. The molecule has 1 aromatic carbocycles. The van der Waals surface area contributed by atoms with Crippen LogP contribution in [-0.4, -0.2) is 67.5 Å². The summed E-state index contributed by atoms with van der Waals surface area (Å²) in [4.78, 5) is 5.68. The Morgan fingerprint density at radius 3 is 2.68 bits per heavy atom. The van der Waals surface area contributed by atoms with Gasteiger partial charge >= 0.3 is 0 Å². The van der Waals surface area contributed by atoms with E-state index in [4.69, 9.17) is 9.47 Å². The predicted octanol–water partition coefficient (Wildman–Crippen LogP) is 1.27. The molecule has 2 aromatic heterocycles. The SMILES string of the molecule is CCCc1ccc(Cc2c[nH]c3cccc(O[C@]4(O)[C@H](O)O[C@H](CO)[C@@H](O)[C@@H]4O)c23)s1. The van der Waals surface area contributed by atoms with Gasteiger partial charge in [-0.25, -0.2) is 0 Å². The zero-order valence-electron chi connectivity index (χ0n) is 17.1. The Labute approximate surface area is 183 Å². The highest BCUT2D eigenvalue weighted by molar-refractivity contribution is 7.12. The van der Waals surface area contributed by atoms with Gasteiger partial charge in [0.15, 0.2) is 6.10 Å². The lowest BCUT2D eigenvalue weighted by molar-refractivity contribution is -0.385. The molecule has 6 N–H and O–H groups in total. The van der Waals surface area contributed by atoms with Crippen LogP contribution in [-0.2, 0) is 17.6 Å². The normalized spacial score (nSPS) is 28.8. The van der Waals surface area contributed by atoms with Gasteiger partial charge in [-0.15, -0.1) is 11.3 Å². The van der Waals surface area contributed by atoms with E-state index >= 15 is 0 Å². The molecule has 1 saturated heterocycles. The van der Waals surface area contributed by atoms with Crippen molar-refractivity contribution in [1.29, 1.82) is 0 Å². The van der Waals surface area contributed by atoms with Crippen molar-refractivity contribution in [2.75, 3.05) is 6.61 Å². The van der Waals surface area contributed by atoms with Crippen LogP contribution < -0.4 is 4.74 Å². The number of nitrogens with one attached hydrogen (secondary N) is 1. The summed E-state index contributed by atoms with van der Waals surface area (Å²) in [5.41, 5.74) is 1.68. The van der Waals surface area contributed by atoms with Gasteiger partial charge in [-0.05, 0) is 36.2 Å². The number of aliphatic hydroxyl groups is 5. The minimum absolute atomic E-state index is 0.220. The Morgan fingerprint density at radius 1 is 1.16 bits per heavy atom.